The molecule has 0 saturated heterocycles. The number of rotatable bonds is 0. The second-order valence-electron chi connectivity index (χ2n) is 1.85. The minimum absolute atomic E-state index is 0. The van der Waals surface area contributed by atoms with E-state index in [1.807, 2.05) is 24.3 Å². The van der Waals surface area contributed by atoms with Crippen molar-refractivity contribution in [2.24, 2.45) is 0 Å². The van der Waals surface area contributed by atoms with Crippen LogP contribution in [0.1, 0.15) is 7.43 Å². The van der Waals surface area contributed by atoms with Crippen LogP contribution in [0.5, 0.6) is 11.5 Å². The van der Waals surface area contributed by atoms with Crippen LogP contribution < -0.4 is 9.47 Å². The normalized spacial score (nSPS) is 12.4. The van der Waals surface area contributed by atoms with Crippen molar-refractivity contribution in [2.45, 2.75) is 7.43 Å². The smallest absolute Gasteiger partial charge is 0.231 e. The number of fused-ring (bicyclic) bond motifs is 1. The van der Waals surface area contributed by atoms with E-state index in [0.717, 1.165) is 11.5 Å². The van der Waals surface area contributed by atoms with Gasteiger partial charge in [0.2, 0.25) is 6.79 Å². The summed E-state index contributed by atoms with van der Waals surface area (Å²) in [6.45, 7) is 0.360. The summed E-state index contributed by atoms with van der Waals surface area (Å²) in [6, 6.07) is 7.63. The molecule has 10 heavy (non-hydrogen) atoms. The largest absolute Gasteiger partial charge is 0.454 e. The first-order valence-corrected chi connectivity index (χ1v) is 2.81. The Hall–Kier alpha value is -1.18. The van der Waals surface area contributed by atoms with Crippen LogP contribution in [-0.2, 0) is 0 Å². The molecule has 2 heteroatoms. The predicted molar refractivity (Wildman–Crippen MR) is 39.3 cm³/mol. The molecule has 0 saturated carbocycles. The fraction of sp³-hybridized carbons (Fsp3) is 0.250. The van der Waals surface area contributed by atoms with E-state index in [1.54, 1.807) is 0 Å². The molecule has 1 aliphatic heterocycles. The first kappa shape index (κ1) is 6.93. The van der Waals surface area contributed by atoms with E-state index >= 15 is 0 Å². The standard InChI is InChI=1S/C7H6O2.CH4/c1-2-4-7-6(3-1)8-5-9-7;/h1-4H,5H2;1H4. The minimum atomic E-state index is 0. The Morgan fingerprint density at radius 1 is 1.00 bits per heavy atom. The molecular weight excluding hydrogens is 128 g/mol. The average molecular weight is 138 g/mol. The molecular formula is C8H10O2. The van der Waals surface area contributed by atoms with Gasteiger partial charge in [-0.25, -0.2) is 0 Å². The van der Waals surface area contributed by atoms with Crippen LogP contribution >= 0.6 is 0 Å². The van der Waals surface area contributed by atoms with Gasteiger partial charge < -0.3 is 9.47 Å². The van der Waals surface area contributed by atoms with E-state index in [-0.39, 0.29) is 7.43 Å². The molecule has 0 aliphatic carbocycles. The zero-order valence-corrected chi connectivity index (χ0v) is 4.83. The molecule has 2 nitrogen and oxygen atoms in total. The molecule has 0 aromatic heterocycles. The second-order valence-corrected chi connectivity index (χ2v) is 1.85. The zero-order valence-electron chi connectivity index (χ0n) is 4.83. The van der Waals surface area contributed by atoms with Gasteiger partial charge in [0.15, 0.2) is 11.5 Å². The minimum Gasteiger partial charge on any atom is -0.454 e. The SMILES string of the molecule is C.c1ccc2c(c1)OCO2. The number of hydrogen-bond donors (Lipinski definition) is 0. The molecule has 0 radical (unpaired) electrons. The molecule has 1 aliphatic rings. The summed E-state index contributed by atoms with van der Waals surface area (Å²) >= 11 is 0. The van der Waals surface area contributed by atoms with E-state index in [0.29, 0.717) is 6.79 Å². The van der Waals surface area contributed by atoms with Crippen LogP contribution in [-0.4, -0.2) is 6.79 Å². The number of para-hydroxylation sites is 2. The van der Waals surface area contributed by atoms with Gasteiger partial charge in [-0.2, -0.15) is 0 Å². The van der Waals surface area contributed by atoms with Gasteiger partial charge in [0.1, 0.15) is 0 Å². The molecule has 1 aromatic rings. The summed E-state index contributed by atoms with van der Waals surface area (Å²) in [7, 11) is 0. The van der Waals surface area contributed by atoms with E-state index in [9.17, 15) is 0 Å². The topological polar surface area (TPSA) is 18.5 Å². The number of ether oxygens (including phenoxy) is 2. The second kappa shape index (κ2) is 2.60. The lowest BCUT2D eigenvalue weighted by molar-refractivity contribution is 0.174. The summed E-state index contributed by atoms with van der Waals surface area (Å²) in [5, 5.41) is 0. The highest BCUT2D eigenvalue weighted by molar-refractivity contribution is 5.40. The summed E-state index contributed by atoms with van der Waals surface area (Å²) in [5.41, 5.74) is 0. The Morgan fingerprint density at radius 3 is 2.00 bits per heavy atom. The summed E-state index contributed by atoms with van der Waals surface area (Å²) < 4.78 is 10.2. The van der Waals surface area contributed by atoms with E-state index in [1.165, 1.54) is 0 Å². The molecule has 0 atom stereocenters. The highest BCUT2D eigenvalue weighted by Crippen LogP contribution is 2.30. The zero-order chi connectivity index (χ0) is 6.10. The molecule has 0 N–H and O–H groups in total. The van der Waals surface area contributed by atoms with Gasteiger partial charge in [0.05, 0.1) is 0 Å². The van der Waals surface area contributed by atoms with Gasteiger partial charge in [-0.15, -0.1) is 0 Å². The van der Waals surface area contributed by atoms with Crippen molar-refractivity contribution in [3.8, 4) is 11.5 Å². The fourth-order valence-electron chi connectivity index (χ4n) is 0.845. The van der Waals surface area contributed by atoms with E-state index in [2.05, 4.69) is 0 Å². The predicted octanol–water partition coefficient (Wildman–Crippen LogP) is 2.05. The third-order valence-electron chi connectivity index (χ3n) is 1.28. The fourth-order valence-corrected chi connectivity index (χ4v) is 0.845. The van der Waals surface area contributed by atoms with Gasteiger partial charge in [-0.1, -0.05) is 19.6 Å². The van der Waals surface area contributed by atoms with Crippen LogP contribution in [0, 0.1) is 0 Å². The summed E-state index contributed by atoms with van der Waals surface area (Å²) in [5.74, 6) is 1.69. The monoisotopic (exact) mass is 138 g/mol. The Morgan fingerprint density at radius 2 is 1.50 bits per heavy atom. The van der Waals surface area contributed by atoms with Crippen LogP contribution in [0.2, 0.25) is 0 Å². The molecule has 0 bridgehead atoms. The highest BCUT2D eigenvalue weighted by Gasteiger charge is 2.09. The lowest BCUT2D eigenvalue weighted by Crippen LogP contribution is -1.92. The number of hydrogen-bond acceptors (Lipinski definition) is 2. The lowest BCUT2D eigenvalue weighted by atomic mass is 10.3. The maximum absolute atomic E-state index is 5.08. The van der Waals surface area contributed by atoms with Crippen molar-refractivity contribution < 1.29 is 9.47 Å². The Labute approximate surface area is 60.4 Å². The third kappa shape index (κ3) is 0.923. The van der Waals surface area contributed by atoms with Crippen molar-refractivity contribution in [3.05, 3.63) is 24.3 Å². The van der Waals surface area contributed by atoms with Crippen molar-refractivity contribution in [1.82, 2.24) is 0 Å². The molecule has 0 fully saturated rings. The van der Waals surface area contributed by atoms with Gasteiger partial charge in [-0.05, 0) is 12.1 Å². The van der Waals surface area contributed by atoms with E-state index in [4.69, 9.17) is 9.47 Å². The lowest BCUT2D eigenvalue weighted by Gasteiger charge is -1.89. The molecule has 0 spiro atoms. The van der Waals surface area contributed by atoms with Gasteiger partial charge >= 0.3 is 0 Å². The summed E-state index contributed by atoms with van der Waals surface area (Å²) in [6.07, 6.45) is 0. The summed E-state index contributed by atoms with van der Waals surface area (Å²) in [4.78, 5) is 0. The van der Waals surface area contributed by atoms with Crippen LogP contribution in [0.3, 0.4) is 0 Å². The quantitative estimate of drug-likeness (QED) is 0.546. The highest BCUT2D eigenvalue weighted by atomic mass is 16.7. The molecule has 0 amide bonds. The third-order valence-corrected chi connectivity index (χ3v) is 1.28. The Bertz CT molecular complexity index is 197. The molecule has 1 heterocycles. The first-order chi connectivity index (χ1) is 4.47. The van der Waals surface area contributed by atoms with Crippen molar-refractivity contribution in [1.29, 1.82) is 0 Å². The Balaban J connectivity index is 0.000000500. The van der Waals surface area contributed by atoms with Crippen molar-refractivity contribution in [2.75, 3.05) is 6.79 Å². The van der Waals surface area contributed by atoms with Gasteiger partial charge in [0, 0.05) is 0 Å². The van der Waals surface area contributed by atoms with Crippen LogP contribution in [0.15, 0.2) is 24.3 Å². The van der Waals surface area contributed by atoms with Gasteiger partial charge in [0.25, 0.3) is 0 Å². The molecule has 1 aromatic carbocycles. The van der Waals surface area contributed by atoms with Crippen LogP contribution in [0.25, 0.3) is 0 Å². The Kier molecular flexibility index (Phi) is 1.81. The number of benzene rings is 1. The first-order valence-electron chi connectivity index (χ1n) is 2.81. The molecule has 2 rings (SSSR count). The van der Waals surface area contributed by atoms with Gasteiger partial charge in [-0.3, -0.25) is 0 Å². The average Bonchev–Trinajstić information content (AvgIpc) is 2.33. The van der Waals surface area contributed by atoms with Crippen molar-refractivity contribution in [3.63, 3.8) is 0 Å². The maximum Gasteiger partial charge on any atom is 0.231 e. The molecule has 54 valence electrons. The van der Waals surface area contributed by atoms with E-state index < -0.39 is 0 Å². The van der Waals surface area contributed by atoms with Crippen LogP contribution in [0.4, 0.5) is 0 Å². The molecule has 0 unspecified atom stereocenters. The van der Waals surface area contributed by atoms with Crippen molar-refractivity contribution >= 4 is 0 Å². The maximum atomic E-state index is 5.08.